The maximum absolute atomic E-state index is 13.8. The van der Waals surface area contributed by atoms with Gasteiger partial charge < -0.3 is 15.0 Å². The smallest absolute Gasteiger partial charge is 0.261 e. The number of hydrogen-bond donors (Lipinski definition) is 1. The molecule has 0 aromatic heterocycles. The normalized spacial score (nSPS) is 12.1. The van der Waals surface area contributed by atoms with Crippen LogP contribution in [0.2, 0.25) is 0 Å². The summed E-state index contributed by atoms with van der Waals surface area (Å²) in [6.07, 6.45) is 0.400. The van der Waals surface area contributed by atoms with Gasteiger partial charge in [0.15, 0.2) is 6.61 Å². The number of carbonyl (C=O) groups excluding carboxylic acids is 2. The fourth-order valence-corrected chi connectivity index (χ4v) is 4.46. The summed E-state index contributed by atoms with van der Waals surface area (Å²) in [4.78, 5) is 29.0. The van der Waals surface area contributed by atoms with E-state index in [9.17, 15) is 9.59 Å². The fraction of sp³-hybridized carbons (Fsp3) is 0.355. The molecule has 3 aromatic rings. The van der Waals surface area contributed by atoms with Crippen LogP contribution in [0.25, 0.3) is 0 Å². The third-order valence-corrected chi connectivity index (χ3v) is 7.23. The van der Waals surface area contributed by atoms with Crippen molar-refractivity contribution < 1.29 is 14.3 Å². The predicted octanol–water partition coefficient (Wildman–Crippen LogP) is 6.31. The van der Waals surface area contributed by atoms with Crippen LogP contribution < -0.4 is 10.1 Å². The summed E-state index contributed by atoms with van der Waals surface area (Å²) in [5, 5.41) is 3.09. The molecule has 37 heavy (non-hydrogen) atoms. The van der Waals surface area contributed by atoms with E-state index in [1.54, 1.807) is 4.90 Å². The summed E-state index contributed by atoms with van der Waals surface area (Å²) in [5.74, 6) is 0.193. The molecule has 0 aliphatic rings. The Morgan fingerprint density at radius 3 is 2.14 bits per heavy atom. The molecule has 1 N–H and O–H groups in total. The largest absolute Gasteiger partial charge is 0.484 e. The molecule has 6 heteroatoms. The van der Waals surface area contributed by atoms with Crippen molar-refractivity contribution in [3.8, 4) is 5.75 Å². The van der Waals surface area contributed by atoms with Gasteiger partial charge in [0.2, 0.25) is 5.91 Å². The highest BCUT2D eigenvalue weighted by atomic mass is 79.9. The lowest BCUT2D eigenvalue weighted by Gasteiger charge is -2.34. The zero-order valence-corrected chi connectivity index (χ0v) is 24.2. The number of aryl methyl sites for hydroxylation is 3. The zero-order valence-electron chi connectivity index (χ0n) is 22.6. The van der Waals surface area contributed by atoms with Gasteiger partial charge in [-0.3, -0.25) is 9.59 Å². The van der Waals surface area contributed by atoms with Crippen molar-refractivity contribution in [2.24, 2.45) is 0 Å². The Balaban J connectivity index is 1.94. The van der Waals surface area contributed by atoms with Crippen molar-refractivity contribution >= 4 is 27.7 Å². The van der Waals surface area contributed by atoms with Gasteiger partial charge in [0.25, 0.3) is 5.91 Å². The van der Waals surface area contributed by atoms with Gasteiger partial charge in [-0.15, -0.1) is 0 Å². The number of benzene rings is 3. The molecule has 0 heterocycles. The Morgan fingerprint density at radius 1 is 0.919 bits per heavy atom. The van der Waals surface area contributed by atoms with Gasteiger partial charge in [-0.05, 0) is 75.9 Å². The third kappa shape index (κ3) is 8.46. The average Bonchev–Trinajstić information content (AvgIpc) is 2.82. The van der Waals surface area contributed by atoms with E-state index in [0.29, 0.717) is 18.7 Å². The minimum atomic E-state index is -0.702. The fourth-order valence-electron chi connectivity index (χ4n) is 4.23. The summed E-state index contributed by atoms with van der Waals surface area (Å²) in [6.45, 7) is 12.0. The standard InChI is InChI=1S/C31H37BrN2O3/c1-21-11-10-14-25(15-21)19-34(28(35)20-37-26-16-22(2)29(32)23(3)17-26)27(30(36)33-31(4,5)6)18-24-12-8-7-9-13-24/h7-17,27H,18-20H2,1-6H3,(H,33,36)/t27-/m1/s1. The molecule has 0 aliphatic heterocycles. The van der Waals surface area contributed by atoms with Crippen LogP contribution in [0.1, 0.15) is 48.6 Å². The molecule has 3 aromatic carbocycles. The van der Waals surface area contributed by atoms with Crippen molar-refractivity contribution in [2.45, 2.75) is 66.1 Å². The van der Waals surface area contributed by atoms with E-state index in [1.807, 2.05) is 108 Å². The van der Waals surface area contributed by atoms with Gasteiger partial charge in [0.05, 0.1) is 0 Å². The number of halogens is 1. The van der Waals surface area contributed by atoms with E-state index in [1.165, 1.54) is 0 Å². The van der Waals surface area contributed by atoms with E-state index in [2.05, 4.69) is 21.2 Å². The summed E-state index contributed by atoms with van der Waals surface area (Å²) in [5.41, 5.74) is 4.67. The first-order valence-corrected chi connectivity index (χ1v) is 13.3. The molecule has 5 nitrogen and oxygen atoms in total. The number of hydrogen-bond acceptors (Lipinski definition) is 3. The van der Waals surface area contributed by atoms with Crippen LogP contribution in [-0.4, -0.2) is 34.9 Å². The van der Waals surface area contributed by atoms with Gasteiger partial charge in [0.1, 0.15) is 11.8 Å². The SMILES string of the molecule is Cc1cccc(CN(C(=O)COc2cc(C)c(Br)c(C)c2)[C@H](Cc2ccccc2)C(=O)NC(C)(C)C)c1. The molecule has 0 radical (unpaired) electrons. The molecule has 0 saturated heterocycles. The molecule has 2 amide bonds. The number of ether oxygens (including phenoxy) is 1. The van der Waals surface area contributed by atoms with Gasteiger partial charge >= 0.3 is 0 Å². The molecule has 196 valence electrons. The number of nitrogens with zero attached hydrogens (tertiary/aromatic N) is 1. The second-order valence-electron chi connectivity index (χ2n) is 10.6. The van der Waals surface area contributed by atoms with Crippen molar-refractivity contribution in [2.75, 3.05) is 6.61 Å². The lowest BCUT2D eigenvalue weighted by Crippen LogP contribution is -2.55. The van der Waals surface area contributed by atoms with Crippen LogP contribution in [0.15, 0.2) is 71.2 Å². The van der Waals surface area contributed by atoms with Crippen molar-refractivity contribution in [3.05, 3.63) is 99.0 Å². The molecule has 0 spiro atoms. The minimum Gasteiger partial charge on any atom is -0.484 e. The molecule has 3 rings (SSSR count). The summed E-state index contributed by atoms with van der Waals surface area (Å²) < 4.78 is 6.99. The molecule has 1 atom stereocenters. The Morgan fingerprint density at radius 2 is 1.54 bits per heavy atom. The number of carbonyl (C=O) groups is 2. The van der Waals surface area contributed by atoms with Gasteiger partial charge in [-0.25, -0.2) is 0 Å². The maximum Gasteiger partial charge on any atom is 0.261 e. The number of amides is 2. The summed E-state index contributed by atoms with van der Waals surface area (Å²) in [6, 6.07) is 20.9. The van der Waals surface area contributed by atoms with Gasteiger partial charge in [0, 0.05) is 23.0 Å². The first-order chi connectivity index (χ1) is 17.4. The molecule has 0 fully saturated rings. The molecular formula is C31H37BrN2O3. The van der Waals surface area contributed by atoms with Crippen molar-refractivity contribution in [1.29, 1.82) is 0 Å². The van der Waals surface area contributed by atoms with Crippen LogP contribution >= 0.6 is 15.9 Å². The molecule has 0 bridgehead atoms. The predicted molar refractivity (Wildman–Crippen MR) is 153 cm³/mol. The van der Waals surface area contributed by atoms with Crippen molar-refractivity contribution in [1.82, 2.24) is 10.2 Å². The molecule has 0 saturated carbocycles. The summed E-state index contributed by atoms with van der Waals surface area (Å²) in [7, 11) is 0. The van der Waals surface area contributed by atoms with Gasteiger partial charge in [-0.2, -0.15) is 0 Å². The number of nitrogens with one attached hydrogen (secondary N) is 1. The first kappa shape index (κ1) is 28.5. The Bertz CT molecular complexity index is 1210. The van der Waals surface area contributed by atoms with E-state index >= 15 is 0 Å². The van der Waals surface area contributed by atoms with Crippen LogP contribution in [0, 0.1) is 20.8 Å². The first-order valence-electron chi connectivity index (χ1n) is 12.5. The van der Waals surface area contributed by atoms with Crippen molar-refractivity contribution in [3.63, 3.8) is 0 Å². The highest BCUT2D eigenvalue weighted by molar-refractivity contribution is 9.10. The van der Waals surface area contributed by atoms with Crippen LogP contribution in [0.3, 0.4) is 0 Å². The van der Waals surface area contributed by atoms with E-state index in [0.717, 1.165) is 32.3 Å². The molecule has 0 unspecified atom stereocenters. The monoisotopic (exact) mass is 564 g/mol. The Labute approximate surface area is 229 Å². The van der Waals surface area contributed by atoms with Crippen LogP contribution in [-0.2, 0) is 22.6 Å². The second kappa shape index (κ2) is 12.4. The molecular weight excluding hydrogens is 528 g/mol. The second-order valence-corrected chi connectivity index (χ2v) is 11.4. The molecule has 0 aliphatic carbocycles. The van der Waals surface area contributed by atoms with Crippen LogP contribution in [0.4, 0.5) is 0 Å². The highest BCUT2D eigenvalue weighted by Crippen LogP contribution is 2.26. The third-order valence-electron chi connectivity index (χ3n) is 5.98. The van der Waals surface area contributed by atoms with Crippen LogP contribution in [0.5, 0.6) is 5.75 Å². The van der Waals surface area contributed by atoms with Gasteiger partial charge in [-0.1, -0.05) is 76.1 Å². The minimum absolute atomic E-state index is 0.166. The van der Waals surface area contributed by atoms with E-state index in [-0.39, 0.29) is 18.4 Å². The maximum atomic E-state index is 13.8. The quantitative estimate of drug-likeness (QED) is 0.331. The Hall–Kier alpha value is -3.12. The number of rotatable bonds is 9. The topological polar surface area (TPSA) is 58.6 Å². The van der Waals surface area contributed by atoms with E-state index < -0.39 is 11.6 Å². The lowest BCUT2D eigenvalue weighted by molar-refractivity contribution is -0.143. The highest BCUT2D eigenvalue weighted by Gasteiger charge is 2.32. The Kier molecular flexibility index (Phi) is 9.55. The summed E-state index contributed by atoms with van der Waals surface area (Å²) >= 11 is 3.57. The zero-order chi connectivity index (χ0) is 27.2. The average molecular weight is 566 g/mol. The lowest BCUT2D eigenvalue weighted by atomic mass is 10.0. The van der Waals surface area contributed by atoms with E-state index in [4.69, 9.17) is 4.74 Å².